The molecular formula is C9H16N2O4S. The van der Waals surface area contributed by atoms with Gasteiger partial charge in [0.15, 0.2) is 0 Å². The van der Waals surface area contributed by atoms with Crippen molar-refractivity contribution < 1.29 is 17.8 Å². The molecule has 4 N–H and O–H groups in total. The lowest BCUT2D eigenvalue weighted by atomic mass is 10.2. The molecule has 0 heterocycles. The number of hydrogen-bond acceptors (Lipinski definition) is 4. The molecule has 16 heavy (non-hydrogen) atoms. The summed E-state index contributed by atoms with van der Waals surface area (Å²) in [7, 11) is -3.99. The average molecular weight is 248 g/mol. The highest BCUT2D eigenvalue weighted by atomic mass is 32.2. The standard InChI is InChI=1S/C9H16N2O4S/c1-6(10)4-9(12)11-7-2-3-8(5-7)16(13,14)15/h7-8H,1-5,10H2,(H,11,12)(H,13,14,15). The van der Waals surface area contributed by atoms with Gasteiger partial charge in [-0.3, -0.25) is 9.35 Å². The molecule has 0 bridgehead atoms. The molecular weight excluding hydrogens is 232 g/mol. The van der Waals surface area contributed by atoms with Gasteiger partial charge in [0.05, 0.1) is 11.7 Å². The fourth-order valence-corrected chi connectivity index (χ4v) is 2.74. The molecule has 0 spiro atoms. The van der Waals surface area contributed by atoms with E-state index in [9.17, 15) is 13.2 Å². The van der Waals surface area contributed by atoms with Gasteiger partial charge in [-0.05, 0) is 19.3 Å². The molecule has 0 saturated heterocycles. The van der Waals surface area contributed by atoms with Crippen LogP contribution >= 0.6 is 0 Å². The normalized spacial score (nSPS) is 25.3. The molecule has 0 radical (unpaired) electrons. The monoisotopic (exact) mass is 248 g/mol. The molecule has 0 aromatic carbocycles. The van der Waals surface area contributed by atoms with Crippen LogP contribution in [0, 0.1) is 0 Å². The molecule has 0 aliphatic heterocycles. The Bertz CT molecular complexity index is 390. The first-order valence-corrected chi connectivity index (χ1v) is 6.48. The minimum absolute atomic E-state index is 0.0348. The molecule has 2 unspecified atom stereocenters. The maximum absolute atomic E-state index is 11.3. The summed E-state index contributed by atoms with van der Waals surface area (Å²) >= 11 is 0. The van der Waals surface area contributed by atoms with E-state index in [1.807, 2.05) is 0 Å². The van der Waals surface area contributed by atoms with Gasteiger partial charge in [-0.15, -0.1) is 0 Å². The van der Waals surface area contributed by atoms with Crippen molar-refractivity contribution in [3.05, 3.63) is 12.3 Å². The van der Waals surface area contributed by atoms with Gasteiger partial charge in [-0.25, -0.2) is 0 Å². The summed E-state index contributed by atoms with van der Waals surface area (Å²) in [6, 6.07) is -0.209. The van der Waals surface area contributed by atoms with Gasteiger partial charge in [-0.1, -0.05) is 6.58 Å². The molecule has 7 heteroatoms. The summed E-state index contributed by atoms with van der Waals surface area (Å²) in [5.74, 6) is -0.270. The third kappa shape index (κ3) is 3.82. The van der Waals surface area contributed by atoms with Crippen LogP contribution in [0.5, 0.6) is 0 Å². The van der Waals surface area contributed by atoms with E-state index in [1.165, 1.54) is 0 Å². The molecule has 1 fully saturated rings. The Morgan fingerprint density at radius 1 is 1.50 bits per heavy atom. The number of carbonyl (C=O) groups excluding carboxylic acids is 1. The maximum atomic E-state index is 11.3. The van der Waals surface area contributed by atoms with E-state index in [0.29, 0.717) is 12.8 Å². The second kappa shape index (κ2) is 4.84. The van der Waals surface area contributed by atoms with Gasteiger partial charge in [0.1, 0.15) is 0 Å². The van der Waals surface area contributed by atoms with Crippen molar-refractivity contribution in [2.24, 2.45) is 5.73 Å². The molecule has 1 aliphatic rings. The third-order valence-corrected chi connectivity index (χ3v) is 3.83. The topological polar surface area (TPSA) is 109 Å². The molecule has 1 saturated carbocycles. The molecule has 92 valence electrons. The number of rotatable bonds is 4. The van der Waals surface area contributed by atoms with Crippen LogP contribution in [0.25, 0.3) is 0 Å². The fourth-order valence-electron chi connectivity index (χ4n) is 1.83. The Morgan fingerprint density at radius 2 is 2.12 bits per heavy atom. The number of hydrogen-bond donors (Lipinski definition) is 3. The summed E-state index contributed by atoms with van der Waals surface area (Å²) in [5.41, 5.74) is 5.54. The predicted molar refractivity (Wildman–Crippen MR) is 59.1 cm³/mol. The second-order valence-corrected chi connectivity index (χ2v) is 5.75. The van der Waals surface area contributed by atoms with E-state index < -0.39 is 15.4 Å². The lowest BCUT2D eigenvalue weighted by Gasteiger charge is -2.12. The molecule has 1 amide bonds. The third-order valence-electron chi connectivity index (χ3n) is 2.56. The Kier molecular flexibility index (Phi) is 3.93. The maximum Gasteiger partial charge on any atom is 0.267 e. The summed E-state index contributed by atoms with van der Waals surface area (Å²) in [6.07, 6.45) is 1.20. The Balaban J connectivity index is 2.43. The van der Waals surface area contributed by atoms with Crippen LogP contribution in [-0.4, -0.2) is 30.2 Å². The predicted octanol–water partition coefficient (Wildman–Crippen LogP) is -0.226. The number of nitrogens with one attached hydrogen (secondary N) is 1. The van der Waals surface area contributed by atoms with Crippen molar-refractivity contribution in [3.63, 3.8) is 0 Å². The van der Waals surface area contributed by atoms with E-state index in [4.69, 9.17) is 10.3 Å². The lowest BCUT2D eigenvalue weighted by Crippen LogP contribution is -2.34. The Labute approximate surface area is 94.6 Å². The zero-order valence-electron chi connectivity index (χ0n) is 8.85. The largest absolute Gasteiger partial charge is 0.402 e. The highest BCUT2D eigenvalue weighted by Crippen LogP contribution is 2.24. The Morgan fingerprint density at radius 3 is 2.56 bits per heavy atom. The van der Waals surface area contributed by atoms with Crippen LogP contribution in [0.1, 0.15) is 25.7 Å². The van der Waals surface area contributed by atoms with Crippen molar-refractivity contribution in [1.82, 2.24) is 5.32 Å². The van der Waals surface area contributed by atoms with Gasteiger partial charge < -0.3 is 11.1 Å². The Hall–Kier alpha value is -1.08. The first kappa shape index (κ1) is 13.0. The van der Waals surface area contributed by atoms with Gasteiger partial charge >= 0.3 is 0 Å². The van der Waals surface area contributed by atoms with Crippen LogP contribution in [0.15, 0.2) is 12.3 Å². The number of nitrogens with two attached hydrogens (primary N) is 1. The minimum Gasteiger partial charge on any atom is -0.402 e. The summed E-state index contributed by atoms with van der Waals surface area (Å²) in [4.78, 5) is 11.3. The lowest BCUT2D eigenvalue weighted by molar-refractivity contribution is -0.121. The molecule has 0 aromatic rings. The number of carbonyl (C=O) groups is 1. The van der Waals surface area contributed by atoms with Crippen LogP contribution in [0.4, 0.5) is 0 Å². The zero-order valence-corrected chi connectivity index (χ0v) is 9.66. The second-order valence-electron chi connectivity index (χ2n) is 4.05. The zero-order chi connectivity index (χ0) is 12.3. The van der Waals surface area contributed by atoms with Gasteiger partial charge in [-0.2, -0.15) is 8.42 Å². The van der Waals surface area contributed by atoms with Crippen LogP contribution in [-0.2, 0) is 14.9 Å². The average Bonchev–Trinajstić information content (AvgIpc) is 2.49. The van der Waals surface area contributed by atoms with Crippen molar-refractivity contribution >= 4 is 16.0 Å². The van der Waals surface area contributed by atoms with Gasteiger partial charge in [0.25, 0.3) is 10.1 Å². The van der Waals surface area contributed by atoms with Crippen molar-refractivity contribution in [1.29, 1.82) is 0 Å². The van der Waals surface area contributed by atoms with Crippen LogP contribution in [0.3, 0.4) is 0 Å². The van der Waals surface area contributed by atoms with Crippen molar-refractivity contribution in [2.45, 2.75) is 37.0 Å². The molecule has 6 nitrogen and oxygen atoms in total. The highest BCUT2D eigenvalue weighted by molar-refractivity contribution is 7.86. The first-order chi connectivity index (χ1) is 7.29. The first-order valence-electron chi connectivity index (χ1n) is 4.98. The van der Waals surface area contributed by atoms with E-state index in [0.717, 1.165) is 0 Å². The minimum atomic E-state index is -3.99. The summed E-state index contributed by atoms with van der Waals surface area (Å²) in [5, 5.41) is 1.89. The number of amides is 1. The SMILES string of the molecule is C=C(N)CC(=O)NC1CCC(S(=O)(=O)O)C1. The molecule has 1 rings (SSSR count). The van der Waals surface area contributed by atoms with E-state index in [1.54, 1.807) is 0 Å². The van der Waals surface area contributed by atoms with E-state index in [2.05, 4.69) is 11.9 Å². The van der Waals surface area contributed by atoms with Crippen LogP contribution < -0.4 is 11.1 Å². The van der Waals surface area contributed by atoms with Gasteiger partial charge in [0, 0.05) is 11.7 Å². The van der Waals surface area contributed by atoms with Crippen LogP contribution in [0.2, 0.25) is 0 Å². The molecule has 2 atom stereocenters. The summed E-state index contributed by atoms with van der Waals surface area (Å²) < 4.78 is 30.5. The van der Waals surface area contributed by atoms with Crippen molar-refractivity contribution in [2.75, 3.05) is 0 Å². The van der Waals surface area contributed by atoms with Gasteiger partial charge in [0.2, 0.25) is 5.91 Å². The highest BCUT2D eigenvalue weighted by Gasteiger charge is 2.33. The van der Waals surface area contributed by atoms with E-state index in [-0.39, 0.29) is 30.5 Å². The molecule has 1 aliphatic carbocycles. The smallest absolute Gasteiger partial charge is 0.267 e. The molecule has 0 aromatic heterocycles. The summed E-state index contributed by atoms with van der Waals surface area (Å²) in [6.45, 7) is 3.40. The van der Waals surface area contributed by atoms with E-state index >= 15 is 0 Å². The van der Waals surface area contributed by atoms with Crippen molar-refractivity contribution in [3.8, 4) is 0 Å². The fraction of sp³-hybridized carbons (Fsp3) is 0.667. The quantitative estimate of drug-likeness (QED) is 0.595.